The van der Waals surface area contributed by atoms with Crippen molar-refractivity contribution in [3.8, 4) is 0 Å². The zero-order valence-electron chi connectivity index (χ0n) is 15.3. The third-order valence-corrected chi connectivity index (χ3v) is 8.11. The zero-order valence-corrected chi connectivity index (χ0v) is 15.3. The van der Waals surface area contributed by atoms with Gasteiger partial charge in [-0.05, 0) is 62.0 Å². The molecule has 4 rings (SSSR count). The number of carbonyl (C=O) groups excluding carboxylic acids is 2. The molecule has 0 bridgehead atoms. The van der Waals surface area contributed by atoms with Crippen LogP contribution in [0.5, 0.6) is 0 Å². The highest BCUT2D eigenvalue weighted by molar-refractivity contribution is 5.95. The number of ketones is 2. The van der Waals surface area contributed by atoms with Crippen LogP contribution in [-0.2, 0) is 9.59 Å². The van der Waals surface area contributed by atoms with Gasteiger partial charge < -0.3 is 10.2 Å². The lowest BCUT2D eigenvalue weighted by Gasteiger charge is -2.62. The standard InChI is InChI=1S/C21H28O4/c1-12(22)15-6-9-21(25)18-16(5-8-20(15,21)3)19(2)7-4-14(23)10-13(19)11-17(18)24/h6,10,16-18,24-25H,4-5,7-9,11H2,1-3H3/t16-,17+,18-,19-,20+,21+/m1/s1. The van der Waals surface area contributed by atoms with Crippen LogP contribution in [0.1, 0.15) is 59.3 Å². The maximum atomic E-state index is 12.1. The Kier molecular flexibility index (Phi) is 3.53. The van der Waals surface area contributed by atoms with E-state index in [1.807, 2.05) is 13.0 Å². The van der Waals surface area contributed by atoms with Crippen molar-refractivity contribution in [2.24, 2.45) is 22.7 Å². The minimum atomic E-state index is -1.08. The average molecular weight is 344 g/mol. The summed E-state index contributed by atoms with van der Waals surface area (Å²) in [4.78, 5) is 24.0. The van der Waals surface area contributed by atoms with E-state index in [9.17, 15) is 19.8 Å². The maximum absolute atomic E-state index is 12.1. The van der Waals surface area contributed by atoms with Crippen molar-refractivity contribution in [1.82, 2.24) is 0 Å². The van der Waals surface area contributed by atoms with E-state index in [1.165, 1.54) is 0 Å². The molecule has 0 saturated heterocycles. The molecule has 0 aromatic carbocycles. The summed E-state index contributed by atoms with van der Waals surface area (Å²) in [7, 11) is 0. The molecule has 0 radical (unpaired) electrons. The highest BCUT2D eigenvalue weighted by atomic mass is 16.3. The number of aliphatic hydroxyl groups is 2. The van der Waals surface area contributed by atoms with Gasteiger partial charge in [-0.25, -0.2) is 0 Å². The van der Waals surface area contributed by atoms with Gasteiger partial charge >= 0.3 is 0 Å². The molecular formula is C21H28O4. The molecule has 0 spiro atoms. The molecule has 136 valence electrons. The second-order valence-electron chi connectivity index (χ2n) is 9.13. The van der Waals surface area contributed by atoms with Gasteiger partial charge in [0.25, 0.3) is 0 Å². The average Bonchev–Trinajstić information content (AvgIpc) is 2.81. The number of allylic oxidation sites excluding steroid dienone is 1. The summed E-state index contributed by atoms with van der Waals surface area (Å²) >= 11 is 0. The fraction of sp³-hybridized carbons (Fsp3) is 0.714. The number of hydrogen-bond acceptors (Lipinski definition) is 4. The SMILES string of the molecule is CC(=O)C1=CC[C@]2(O)[C@@H]3[C@@H](CC[C@@]12C)[C@]1(C)CCC(=O)C=C1C[C@@H]3O. The topological polar surface area (TPSA) is 74.6 Å². The van der Waals surface area contributed by atoms with Gasteiger partial charge in [-0.2, -0.15) is 0 Å². The second-order valence-corrected chi connectivity index (χ2v) is 9.13. The quantitative estimate of drug-likeness (QED) is 0.767. The number of aliphatic hydroxyl groups excluding tert-OH is 1. The van der Waals surface area contributed by atoms with Gasteiger partial charge in [0, 0.05) is 17.8 Å². The summed E-state index contributed by atoms with van der Waals surface area (Å²) in [6, 6.07) is 0. The Bertz CT molecular complexity index is 719. The molecule has 0 aromatic rings. The molecule has 6 atom stereocenters. The van der Waals surface area contributed by atoms with Crippen molar-refractivity contribution in [2.75, 3.05) is 0 Å². The Morgan fingerprint density at radius 2 is 2.00 bits per heavy atom. The van der Waals surface area contributed by atoms with Crippen LogP contribution in [0.4, 0.5) is 0 Å². The minimum absolute atomic E-state index is 0.0252. The summed E-state index contributed by atoms with van der Waals surface area (Å²) in [6.45, 7) is 5.77. The van der Waals surface area contributed by atoms with E-state index < -0.39 is 17.1 Å². The normalized spacial score (nSPS) is 48.8. The minimum Gasteiger partial charge on any atom is -0.392 e. The van der Waals surface area contributed by atoms with Crippen molar-refractivity contribution in [3.63, 3.8) is 0 Å². The Hall–Kier alpha value is -1.26. The van der Waals surface area contributed by atoms with Crippen LogP contribution in [0.3, 0.4) is 0 Å². The van der Waals surface area contributed by atoms with Crippen LogP contribution < -0.4 is 0 Å². The third-order valence-electron chi connectivity index (χ3n) is 8.11. The predicted octanol–water partition coefficient (Wildman–Crippen LogP) is 2.73. The first-order valence-corrected chi connectivity index (χ1v) is 9.49. The highest BCUT2D eigenvalue weighted by Crippen LogP contribution is 2.66. The van der Waals surface area contributed by atoms with Gasteiger partial charge in [-0.15, -0.1) is 0 Å². The summed E-state index contributed by atoms with van der Waals surface area (Å²) < 4.78 is 0. The van der Waals surface area contributed by atoms with Crippen LogP contribution in [0.25, 0.3) is 0 Å². The number of hydrogen-bond donors (Lipinski definition) is 2. The molecule has 25 heavy (non-hydrogen) atoms. The number of carbonyl (C=O) groups is 2. The Morgan fingerprint density at radius 3 is 2.68 bits per heavy atom. The summed E-state index contributed by atoms with van der Waals surface area (Å²) in [5, 5.41) is 22.7. The van der Waals surface area contributed by atoms with Crippen LogP contribution in [0.15, 0.2) is 23.3 Å². The third kappa shape index (κ3) is 2.01. The first kappa shape index (κ1) is 17.2. The van der Waals surface area contributed by atoms with E-state index >= 15 is 0 Å². The molecule has 0 aromatic heterocycles. The Labute approximate surface area is 149 Å². The Balaban J connectivity index is 1.79. The van der Waals surface area contributed by atoms with Crippen molar-refractivity contribution < 1.29 is 19.8 Å². The number of rotatable bonds is 1. The molecule has 4 heteroatoms. The van der Waals surface area contributed by atoms with Gasteiger partial charge in [-0.1, -0.05) is 25.5 Å². The van der Waals surface area contributed by atoms with E-state index in [2.05, 4.69) is 6.92 Å². The lowest BCUT2D eigenvalue weighted by molar-refractivity contribution is -0.200. The molecular weight excluding hydrogens is 316 g/mol. The molecule has 0 aliphatic heterocycles. The van der Waals surface area contributed by atoms with Gasteiger partial charge in [0.1, 0.15) is 0 Å². The molecule has 4 aliphatic rings. The van der Waals surface area contributed by atoms with Crippen molar-refractivity contribution in [2.45, 2.75) is 71.0 Å². The summed E-state index contributed by atoms with van der Waals surface area (Å²) in [6.07, 6.45) is 6.83. The van der Waals surface area contributed by atoms with E-state index in [1.54, 1.807) is 13.0 Å². The lowest BCUT2D eigenvalue weighted by Crippen LogP contribution is -2.64. The van der Waals surface area contributed by atoms with Crippen molar-refractivity contribution in [1.29, 1.82) is 0 Å². The summed E-state index contributed by atoms with van der Waals surface area (Å²) in [5.41, 5.74) is -0.00290. The van der Waals surface area contributed by atoms with E-state index in [0.29, 0.717) is 19.3 Å². The van der Waals surface area contributed by atoms with Gasteiger partial charge in [-0.3, -0.25) is 9.59 Å². The molecule has 4 aliphatic carbocycles. The van der Waals surface area contributed by atoms with E-state index in [4.69, 9.17) is 0 Å². The largest absolute Gasteiger partial charge is 0.392 e. The number of fused-ring (bicyclic) bond motifs is 5. The van der Waals surface area contributed by atoms with Crippen LogP contribution in [0.2, 0.25) is 0 Å². The molecule has 0 amide bonds. The lowest BCUT2D eigenvalue weighted by atomic mass is 9.44. The fourth-order valence-electron chi connectivity index (χ4n) is 6.63. The monoisotopic (exact) mass is 344 g/mol. The highest BCUT2D eigenvalue weighted by Gasteiger charge is 2.67. The van der Waals surface area contributed by atoms with E-state index in [-0.39, 0.29) is 28.8 Å². The van der Waals surface area contributed by atoms with Crippen LogP contribution >= 0.6 is 0 Å². The van der Waals surface area contributed by atoms with Crippen molar-refractivity contribution in [3.05, 3.63) is 23.3 Å². The fourth-order valence-corrected chi connectivity index (χ4v) is 6.63. The first-order chi connectivity index (χ1) is 11.6. The molecule has 2 fully saturated rings. The molecule has 2 N–H and O–H groups in total. The van der Waals surface area contributed by atoms with Crippen LogP contribution in [0, 0.1) is 22.7 Å². The smallest absolute Gasteiger partial charge is 0.156 e. The molecule has 4 nitrogen and oxygen atoms in total. The van der Waals surface area contributed by atoms with Gasteiger partial charge in [0.2, 0.25) is 0 Å². The van der Waals surface area contributed by atoms with Gasteiger partial charge in [0.05, 0.1) is 11.7 Å². The maximum Gasteiger partial charge on any atom is 0.156 e. The van der Waals surface area contributed by atoms with E-state index in [0.717, 1.165) is 30.4 Å². The second kappa shape index (κ2) is 5.14. The van der Waals surface area contributed by atoms with Crippen LogP contribution in [-0.4, -0.2) is 33.5 Å². The zero-order chi connectivity index (χ0) is 18.2. The Morgan fingerprint density at radius 1 is 1.28 bits per heavy atom. The summed E-state index contributed by atoms with van der Waals surface area (Å²) in [5.74, 6) is 0.0687. The molecule has 0 unspecified atom stereocenters. The van der Waals surface area contributed by atoms with Crippen molar-refractivity contribution >= 4 is 11.6 Å². The molecule has 2 saturated carbocycles. The predicted molar refractivity (Wildman–Crippen MR) is 93.7 cm³/mol. The number of Topliss-reactive ketones (excluding diaryl/α,β-unsaturated/α-hetero) is 1. The first-order valence-electron chi connectivity index (χ1n) is 9.49. The van der Waals surface area contributed by atoms with Gasteiger partial charge in [0.15, 0.2) is 11.6 Å². The molecule has 0 heterocycles.